The second-order valence-electron chi connectivity index (χ2n) is 20.8. The van der Waals surface area contributed by atoms with Crippen molar-refractivity contribution in [2.24, 2.45) is 0 Å². The first kappa shape index (κ1) is 68.6. The average molecular weight is 1280 g/mol. The molecule has 0 amide bonds. The number of carbonyl (C=O) groups is 2. The van der Waals surface area contributed by atoms with Crippen molar-refractivity contribution in [2.75, 3.05) is 153 Å². The molecule has 2 aliphatic rings. The van der Waals surface area contributed by atoms with Gasteiger partial charge in [-0.3, -0.25) is 0 Å². The van der Waals surface area contributed by atoms with Gasteiger partial charge in [-0.05, 0) is 133 Å². The van der Waals surface area contributed by atoms with E-state index in [1.807, 2.05) is 97.1 Å². The number of carbonyl (C=O) groups excluding carboxylic acids is 2. The molecule has 3 aromatic heterocycles. The van der Waals surface area contributed by atoms with Gasteiger partial charge < -0.3 is 81.0 Å². The monoisotopic (exact) mass is 1270 g/mol. The summed E-state index contributed by atoms with van der Waals surface area (Å²) in [6.45, 7) is 11.5. The number of rotatable bonds is 40. The fraction of sp³-hybridized carbons (Fsp3) is 0.361. The van der Waals surface area contributed by atoms with Crippen molar-refractivity contribution in [1.29, 1.82) is 0 Å². The van der Waals surface area contributed by atoms with Crippen LogP contribution < -0.4 is 18.9 Å². The molecule has 4 aromatic carbocycles. The Morgan fingerprint density at radius 1 is 0.333 bits per heavy atom. The Labute approximate surface area is 541 Å². The lowest BCUT2D eigenvalue weighted by molar-refractivity contribution is -0.166. The Balaban J connectivity index is 1.15. The van der Waals surface area contributed by atoms with Crippen molar-refractivity contribution in [3.05, 3.63) is 144 Å². The highest BCUT2D eigenvalue weighted by Crippen LogP contribution is 2.40. The number of aromatic nitrogens is 4. The van der Waals surface area contributed by atoms with Gasteiger partial charge in [-0.25, -0.2) is 19.6 Å². The van der Waals surface area contributed by atoms with Crippen LogP contribution in [-0.4, -0.2) is 191 Å². The van der Waals surface area contributed by atoms with E-state index >= 15 is 0 Å². The Morgan fingerprint density at radius 2 is 0.602 bits per heavy atom. The number of fused-ring (bicyclic) bond motifs is 8. The highest BCUT2D eigenvalue weighted by atomic mass is 16.6. The number of aromatic amines is 2. The molecule has 0 radical (unpaired) electrons. The molecule has 0 saturated heterocycles. The van der Waals surface area contributed by atoms with Gasteiger partial charge in [0, 0.05) is 65.7 Å². The predicted octanol–water partition coefficient (Wildman–Crippen LogP) is 11.4. The number of esters is 2. The van der Waals surface area contributed by atoms with Crippen molar-refractivity contribution in [2.45, 2.75) is 20.0 Å². The van der Waals surface area contributed by atoms with Crippen LogP contribution in [0, 0.1) is 0 Å². The first-order valence-corrected chi connectivity index (χ1v) is 31.2. The van der Waals surface area contributed by atoms with Gasteiger partial charge in [-0.1, -0.05) is 48.5 Å². The third-order valence-electron chi connectivity index (χ3n) is 14.5. The summed E-state index contributed by atoms with van der Waals surface area (Å²) in [5.74, 6) is 0.571. The lowest BCUT2D eigenvalue weighted by Gasteiger charge is -2.16. The number of H-pyrrole nitrogens is 2. The molecule has 0 atom stereocenters. The van der Waals surface area contributed by atoms with E-state index in [1.165, 1.54) is 0 Å². The van der Waals surface area contributed by atoms with Gasteiger partial charge in [0.2, 0.25) is 0 Å². The maximum absolute atomic E-state index is 13.0. The van der Waals surface area contributed by atoms with Crippen molar-refractivity contribution < 1.29 is 80.6 Å². The van der Waals surface area contributed by atoms with Gasteiger partial charge in [-0.2, -0.15) is 0 Å². The molecule has 0 unspecified atom stereocenters. The zero-order chi connectivity index (χ0) is 64.8. The SMILES string of the molecule is CCOC(=O)C(Oc1ccc(-c2c3nc(c(-c4ccc(OCCOCCOCCOC)cc4)c4ccc([nH]4)c(-c4ccc(OCCOCCOCCOC)cc4)c4ccc([nH]4)c(-c4ccc(OCCOCCOCCOC)cc4)c4nc2C=C4)C=C3)cc1)C(=O)OCC. The molecule has 492 valence electrons. The summed E-state index contributed by atoms with van der Waals surface area (Å²) >= 11 is 0. The van der Waals surface area contributed by atoms with Crippen molar-refractivity contribution in [1.82, 2.24) is 19.9 Å². The van der Waals surface area contributed by atoms with Crippen LogP contribution in [0.5, 0.6) is 23.0 Å². The summed E-state index contributed by atoms with van der Waals surface area (Å²) in [4.78, 5) is 44.6. The van der Waals surface area contributed by atoms with E-state index in [1.54, 1.807) is 47.3 Å². The van der Waals surface area contributed by atoms with Crippen LogP contribution in [-0.2, 0) is 61.7 Å². The van der Waals surface area contributed by atoms with E-state index in [4.69, 9.17) is 81.0 Å². The van der Waals surface area contributed by atoms with E-state index in [0.717, 1.165) is 61.0 Å². The van der Waals surface area contributed by atoms with Gasteiger partial charge in [0.15, 0.2) is 0 Å². The summed E-state index contributed by atoms with van der Waals surface area (Å²) in [5, 5.41) is 0. The summed E-state index contributed by atoms with van der Waals surface area (Å²) in [7, 11) is 4.92. The quantitative estimate of drug-likeness (QED) is 0.0207. The Kier molecular flexibility index (Phi) is 27.4. The summed E-state index contributed by atoms with van der Waals surface area (Å²) < 4.78 is 83.8. The number of ether oxygens (including phenoxy) is 15. The van der Waals surface area contributed by atoms with Crippen LogP contribution in [0.25, 0.3) is 90.9 Å². The van der Waals surface area contributed by atoms with Crippen molar-refractivity contribution >= 4 is 58.3 Å². The third-order valence-corrected chi connectivity index (χ3v) is 14.5. The summed E-state index contributed by atoms with van der Waals surface area (Å²) in [5.41, 5.74) is 12.5. The molecule has 21 nitrogen and oxygen atoms in total. The molecule has 0 saturated carbocycles. The lowest BCUT2D eigenvalue weighted by atomic mass is 10.0. The first-order valence-electron chi connectivity index (χ1n) is 31.2. The van der Waals surface area contributed by atoms with Crippen molar-refractivity contribution in [3.63, 3.8) is 0 Å². The largest absolute Gasteiger partial charge is 0.491 e. The zero-order valence-corrected chi connectivity index (χ0v) is 53.4. The van der Waals surface area contributed by atoms with Crippen LogP contribution in [0.3, 0.4) is 0 Å². The molecule has 93 heavy (non-hydrogen) atoms. The molecule has 8 bridgehead atoms. The van der Waals surface area contributed by atoms with Crippen LogP contribution in [0.1, 0.15) is 36.6 Å². The maximum Gasteiger partial charge on any atom is 0.359 e. The molecule has 2 N–H and O–H groups in total. The molecule has 9 rings (SSSR count). The number of methoxy groups -OCH3 is 3. The summed E-state index contributed by atoms with van der Waals surface area (Å²) in [6.07, 6.45) is 6.34. The smallest absolute Gasteiger partial charge is 0.359 e. The lowest BCUT2D eigenvalue weighted by Crippen LogP contribution is -2.38. The molecule has 7 aromatic rings. The number of hydrogen-bond acceptors (Lipinski definition) is 19. The Morgan fingerprint density at radius 3 is 0.925 bits per heavy atom. The molecule has 5 heterocycles. The molecule has 21 heteroatoms. The maximum atomic E-state index is 13.0. The zero-order valence-electron chi connectivity index (χ0n) is 53.4. The van der Waals surface area contributed by atoms with Gasteiger partial charge in [0.1, 0.15) is 42.8 Å². The fourth-order valence-corrected chi connectivity index (χ4v) is 10.1. The highest BCUT2D eigenvalue weighted by molar-refractivity contribution is 6.01. The molecule has 0 fully saturated rings. The Bertz CT molecular complexity index is 3520. The number of benzene rings is 4. The normalized spacial score (nSPS) is 11.8. The fourth-order valence-electron chi connectivity index (χ4n) is 10.1. The first-order chi connectivity index (χ1) is 45.8. The third kappa shape index (κ3) is 19.9. The molecule has 0 aliphatic carbocycles. The van der Waals surface area contributed by atoms with E-state index in [2.05, 4.69) is 46.4 Å². The minimum absolute atomic E-state index is 0.0511. The van der Waals surface area contributed by atoms with Crippen LogP contribution >= 0.6 is 0 Å². The van der Waals surface area contributed by atoms with Crippen LogP contribution in [0.15, 0.2) is 121 Å². The molecule has 0 spiro atoms. The molecular weight excluding hydrogens is 1190 g/mol. The van der Waals surface area contributed by atoms with E-state index < -0.39 is 18.0 Å². The number of hydrogen-bond donors (Lipinski definition) is 2. The molecule has 2 aliphatic heterocycles. The minimum Gasteiger partial charge on any atom is -0.491 e. The topological polar surface area (TPSA) is 230 Å². The van der Waals surface area contributed by atoms with Crippen molar-refractivity contribution in [3.8, 4) is 67.5 Å². The standard InChI is InChI=1S/C72H82N4O17/c1-6-88-71(77)70(72(78)89-7-2)93-57-22-14-53(15-23-57)69-64-30-28-62(75-64)67(51-10-18-55(19-11-51)91-48-45-86-42-39-83-36-33-80-4)60-26-24-58(73-60)66(50-8-16-54(17-9-50)90-47-44-85-41-38-82-35-32-79-3)59-25-27-61(74-59)68(63-29-31-65(69)76-63)52-12-20-56(21-13-52)92-49-46-87-43-40-84-37-34-81-5/h8-31,70,73-74H,6-7,32-49H2,1-5H3. The second-order valence-corrected chi connectivity index (χ2v) is 20.8. The van der Waals surface area contributed by atoms with Crippen LogP contribution in [0.2, 0.25) is 0 Å². The van der Waals surface area contributed by atoms with E-state index in [0.29, 0.717) is 165 Å². The van der Waals surface area contributed by atoms with Gasteiger partial charge >= 0.3 is 11.9 Å². The highest BCUT2D eigenvalue weighted by Gasteiger charge is 2.32. The van der Waals surface area contributed by atoms with Gasteiger partial charge in [-0.15, -0.1) is 0 Å². The number of nitrogens with one attached hydrogen (secondary N) is 2. The van der Waals surface area contributed by atoms with Gasteiger partial charge in [0.05, 0.1) is 135 Å². The van der Waals surface area contributed by atoms with Gasteiger partial charge in [0.25, 0.3) is 6.10 Å². The van der Waals surface area contributed by atoms with E-state index in [-0.39, 0.29) is 19.0 Å². The minimum atomic E-state index is -1.63. The number of nitrogens with zero attached hydrogens (tertiary/aromatic N) is 2. The van der Waals surface area contributed by atoms with Crippen LogP contribution in [0.4, 0.5) is 0 Å². The summed E-state index contributed by atoms with van der Waals surface area (Å²) in [6, 6.07) is 39.3. The molecular formula is C72H82N4O17. The van der Waals surface area contributed by atoms with E-state index in [9.17, 15) is 9.59 Å². The average Bonchev–Trinajstić information content (AvgIpc) is 1.70. The predicted molar refractivity (Wildman–Crippen MR) is 355 cm³/mol. The second kappa shape index (κ2) is 37.1. The Hall–Kier alpha value is -8.74.